The standard InChI is InChI=1S/C65H38N4O4/c66-39-53-59(67-55-29-14-11-24-48(55)50-33-31-43(35-57(50)67)62(70)41-19-6-2-7-20-41)37-45(47-26-16-27-52-61(47)65(73)69(64(52)72)54-28-13-10-23-46(54)40-17-4-1-5-18-40)38-60(53)68-56-30-15-12-25-49(56)51-34-32-44(36-58(51)68)63(71)42-21-8-3-9-22-42/h1-38H. The number of aromatic nitrogens is 2. The summed E-state index contributed by atoms with van der Waals surface area (Å²) in [6.45, 7) is 0. The van der Waals surface area contributed by atoms with Crippen molar-refractivity contribution in [3.63, 3.8) is 0 Å². The van der Waals surface area contributed by atoms with Gasteiger partial charge in [0, 0.05) is 49.4 Å². The van der Waals surface area contributed by atoms with Crippen LogP contribution >= 0.6 is 0 Å². The lowest BCUT2D eigenvalue weighted by molar-refractivity contribution is 0.0924. The van der Waals surface area contributed by atoms with Crippen LogP contribution in [0.5, 0.6) is 0 Å². The number of ketones is 2. The molecule has 342 valence electrons. The number of hydrogen-bond donors (Lipinski definition) is 0. The van der Waals surface area contributed by atoms with Crippen molar-refractivity contribution < 1.29 is 19.2 Å². The van der Waals surface area contributed by atoms with Crippen LogP contribution in [0.2, 0.25) is 0 Å². The number of fused-ring (bicyclic) bond motifs is 7. The Morgan fingerprint density at radius 2 is 0.808 bits per heavy atom. The number of benzene rings is 10. The average Bonchev–Trinajstić information content (AvgIpc) is 4.06. The number of rotatable bonds is 9. The summed E-state index contributed by atoms with van der Waals surface area (Å²) >= 11 is 0. The Labute approximate surface area is 418 Å². The first-order chi connectivity index (χ1) is 35.9. The minimum Gasteiger partial charge on any atom is -0.308 e. The Morgan fingerprint density at radius 3 is 1.36 bits per heavy atom. The topological polar surface area (TPSA) is 105 Å². The molecule has 12 aromatic rings. The Balaban J connectivity index is 1.11. The molecular formula is C65H38N4O4. The molecule has 3 heterocycles. The minimum atomic E-state index is -0.478. The van der Waals surface area contributed by atoms with Crippen molar-refractivity contribution in [1.29, 1.82) is 5.26 Å². The van der Waals surface area contributed by atoms with Crippen LogP contribution in [0.3, 0.4) is 0 Å². The zero-order valence-electron chi connectivity index (χ0n) is 38.9. The van der Waals surface area contributed by atoms with Gasteiger partial charge in [-0.05, 0) is 65.2 Å². The molecule has 8 heteroatoms. The number of hydrogen-bond acceptors (Lipinski definition) is 5. The van der Waals surface area contributed by atoms with E-state index in [4.69, 9.17) is 0 Å². The van der Waals surface area contributed by atoms with Gasteiger partial charge >= 0.3 is 0 Å². The molecule has 0 aliphatic carbocycles. The van der Waals surface area contributed by atoms with Gasteiger partial charge in [0.15, 0.2) is 11.6 Å². The Bertz CT molecular complexity index is 4160. The summed E-state index contributed by atoms with van der Waals surface area (Å²) in [6, 6.07) is 74.3. The summed E-state index contributed by atoms with van der Waals surface area (Å²) in [5.41, 5.74) is 9.80. The molecule has 2 amide bonds. The van der Waals surface area contributed by atoms with Crippen molar-refractivity contribution in [3.8, 4) is 39.7 Å². The van der Waals surface area contributed by atoms with Gasteiger partial charge in [-0.15, -0.1) is 0 Å². The van der Waals surface area contributed by atoms with E-state index in [-0.39, 0.29) is 22.7 Å². The molecule has 1 aliphatic rings. The second kappa shape index (κ2) is 17.0. The number of carbonyl (C=O) groups excluding carboxylic acids is 4. The lowest BCUT2D eigenvalue weighted by Gasteiger charge is -2.20. The fraction of sp³-hybridized carbons (Fsp3) is 0. The van der Waals surface area contributed by atoms with Crippen LogP contribution < -0.4 is 4.90 Å². The number of para-hydroxylation sites is 3. The molecule has 0 saturated carbocycles. The summed E-state index contributed by atoms with van der Waals surface area (Å²) in [5.74, 6) is -1.23. The molecule has 8 nitrogen and oxygen atoms in total. The first kappa shape index (κ1) is 42.8. The molecular weight excluding hydrogens is 901 g/mol. The zero-order chi connectivity index (χ0) is 49.3. The molecule has 13 rings (SSSR count). The summed E-state index contributed by atoms with van der Waals surface area (Å²) in [4.78, 5) is 59.6. The third kappa shape index (κ3) is 6.75. The summed E-state index contributed by atoms with van der Waals surface area (Å²) < 4.78 is 4.05. The highest BCUT2D eigenvalue weighted by Gasteiger charge is 2.40. The molecule has 2 aromatic heterocycles. The van der Waals surface area contributed by atoms with E-state index >= 15 is 4.79 Å². The summed E-state index contributed by atoms with van der Waals surface area (Å²) in [6.07, 6.45) is 0. The Kier molecular flexibility index (Phi) is 9.99. The maximum Gasteiger partial charge on any atom is 0.266 e. The fourth-order valence-corrected chi connectivity index (χ4v) is 10.8. The van der Waals surface area contributed by atoms with Gasteiger partial charge in [-0.3, -0.25) is 19.2 Å². The van der Waals surface area contributed by atoms with Crippen molar-refractivity contribution in [2.45, 2.75) is 0 Å². The van der Waals surface area contributed by atoms with Crippen molar-refractivity contribution in [3.05, 3.63) is 269 Å². The van der Waals surface area contributed by atoms with E-state index in [1.165, 1.54) is 4.90 Å². The SMILES string of the molecule is N#Cc1c(-n2c3ccccc3c3ccc(C(=O)c4ccccc4)cc32)cc(-c2cccc3c2C(=O)N(c2ccccc2-c2ccccc2)C3=O)cc1-n1c2ccccc2c2ccc(C(=O)c3ccccc3)cc21. The van der Waals surface area contributed by atoms with Gasteiger partial charge in [0.25, 0.3) is 11.8 Å². The maximum absolute atomic E-state index is 15.2. The normalized spacial score (nSPS) is 12.2. The molecule has 0 saturated heterocycles. The number of anilines is 1. The predicted octanol–water partition coefficient (Wildman–Crippen LogP) is 14.3. The monoisotopic (exact) mass is 938 g/mol. The highest BCUT2D eigenvalue weighted by Crippen LogP contribution is 2.44. The summed E-state index contributed by atoms with van der Waals surface area (Å²) in [7, 11) is 0. The van der Waals surface area contributed by atoms with Crippen LogP contribution in [0.25, 0.3) is 77.2 Å². The van der Waals surface area contributed by atoms with Gasteiger partial charge < -0.3 is 9.13 Å². The van der Waals surface area contributed by atoms with Crippen LogP contribution in [-0.4, -0.2) is 32.5 Å². The zero-order valence-corrected chi connectivity index (χ0v) is 38.9. The van der Waals surface area contributed by atoms with Crippen LogP contribution in [-0.2, 0) is 0 Å². The lowest BCUT2D eigenvalue weighted by Crippen LogP contribution is -2.30. The number of amides is 2. The van der Waals surface area contributed by atoms with Gasteiger partial charge in [0.1, 0.15) is 11.6 Å². The predicted molar refractivity (Wildman–Crippen MR) is 288 cm³/mol. The van der Waals surface area contributed by atoms with Crippen molar-refractivity contribution in [1.82, 2.24) is 9.13 Å². The molecule has 0 unspecified atom stereocenters. The van der Waals surface area contributed by atoms with Gasteiger partial charge in [0.2, 0.25) is 0 Å². The molecule has 0 bridgehead atoms. The lowest BCUT2D eigenvalue weighted by atomic mass is 9.94. The number of carbonyl (C=O) groups is 4. The van der Waals surface area contributed by atoms with Crippen LogP contribution in [0, 0.1) is 11.3 Å². The molecule has 0 radical (unpaired) electrons. The van der Waals surface area contributed by atoms with Crippen LogP contribution in [0.4, 0.5) is 5.69 Å². The third-order valence-corrected chi connectivity index (χ3v) is 14.1. The van der Waals surface area contributed by atoms with Gasteiger partial charge in [-0.2, -0.15) is 5.26 Å². The molecule has 1 aliphatic heterocycles. The second-order valence-corrected chi connectivity index (χ2v) is 18.1. The van der Waals surface area contributed by atoms with E-state index in [0.29, 0.717) is 67.0 Å². The van der Waals surface area contributed by atoms with Gasteiger partial charge in [-0.25, -0.2) is 4.90 Å². The van der Waals surface area contributed by atoms with E-state index in [1.807, 2.05) is 197 Å². The van der Waals surface area contributed by atoms with Crippen LogP contribution in [0.15, 0.2) is 231 Å². The largest absolute Gasteiger partial charge is 0.308 e. The van der Waals surface area contributed by atoms with Crippen molar-refractivity contribution in [2.24, 2.45) is 0 Å². The van der Waals surface area contributed by atoms with Crippen molar-refractivity contribution in [2.75, 3.05) is 4.90 Å². The fourth-order valence-electron chi connectivity index (χ4n) is 10.8. The molecule has 0 N–H and O–H groups in total. The minimum absolute atomic E-state index is 0.151. The molecule has 73 heavy (non-hydrogen) atoms. The molecule has 0 atom stereocenters. The van der Waals surface area contributed by atoms with E-state index in [1.54, 1.807) is 42.5 Å². The van der Waals surface area contributed by atoms with E-state index in [9.17, 15) is 19.6 Å². The maximum atomic E-state index is 15.2. The number of imide groups is 1. The summed E-state index contributed by atoms with van der Waals surface area (Å²) in [5, 5.41) is 15.3. The second-order valence-electron chi connectivity index (χ2n) is 18.1. The van der Waals surface area contributed by atoms with Gasteiger partial charge in [-0.1, -0.05) is 182 Å². The molecule has 0 fully saturated rings. The molecule has 10 aromatic carbocycles. The van der Waals surface area contributed by atoms with Crippen LogP contribution in [0.1, 0.15) is 58.1 Å². The quantitative estimate of drug-likeness (QED) is 0.106. The third-order valence-electron chi connectivity index (χ3n) is 14.1. The van der Waals surface area contributed by atoms with Crippen molar-refractivity contribution >= 4 is 72.7 Å². The van der Waals surface area contributed by atoms with E-state index in [2.05, 4.69) is 6.07 Å². The highest BCUT2D eigenvalue weighted by atomic mass is 16.2. The van der Waals surface area contributed by atoms with Gasteiger partial charge in [0.05, 0.1) is 50.3 Å². The van der Waals surface area contributed by atoms with E-state index < -0.39 is 11.8 Å². The molecule has 0 spiro atoms. The highest BCUT2D eigenvalue weighted by molar-refractivity contribution is 6.37. The smallest absolute Gasteiger partial charge is 0.266 e. The van der Waals surface area contributed by atoms with E-state index in [0.717, 1.165) is 43.7 Å². The number of nitriles is 1. The average molecular weight is 939 g/mol. The number of nitrogens with zero attached hydrogens (tertiary/aromatic N) is 4. The Hall–Kier alpha value is -10.2. The Morgan fingerprint density at radius 1 is 0.356 bits per heavy atom. The first-order valence-corrected chi connectivity index (χ1v) is 23.9. The first-order valence-electron chi connectivity index (χ1n) is 23.9.